The zero-order valence-corrected chi connectivity index (χ0v) is 17.6. The van der Waals surface area contributed by atoms with E-state index < -0.39 is 0 Å². The molecule has 3 aromatic carbocycles. The third kappa shape index (κ3) is 3.40. The first-order valence-electron chi connectivity index (χ1n) is 9.80. The average Bonchev–Trinajstić information content (AvgIpc) is 3.01. The summed E-state index contributed by atoms with van der Waals surface area (Å²) in [4.78, 5) is 30.4. The van der Waals surface area contributed by atoms with Crippen molar-refractivity contribution in [2.45, 2.75) is 13.8 Å². The Morgan fingerprint density at radius 1 is 0.867 bits per heavy atom. The van der Waals surface area contributed by atoms with E-state index in [4.69, 9.17) is 11.6 Å². The predicted octanol–water partition coefficient (Wildman–Crippen LogP) is 5.46. The third-order valence-corrected chi connectivity index (χ3v) is 5.41. The van der Waals surface area contributed by atoms with Gasteiger partial charge in [-0.05, 0) is 55.3 Å². The van der Waals surface area contributed by atoms with E-state index in [0.29, 0.717) is 34.1 Å². The molecule has 3 aromatic rings. The van der Waals surface area contributed by atoms with Crippen LogP contribution >= 0.6 is 11.6 Å². The summed E-state index contributed by atoms with van der Waals surface area (Å²) in [6.07, 6.45) is 0. The van der Waals surface area contributed by atoms with Gasteiger partial charge in [-0.1, -0.05) is 60.1 Å². The van der Waals surface area contributed by atoms with Gasteiger partial charge in [-0.15, -0.1) is 0 Å². The lowest BCUT2D eigenvalue weighted by Crippen LogP contribution is -2.35. The van der Waals surface area contributed by atoms with Crippen LogP contribution in [0.15, 0.2) is 84.6 Å². The maximum absolute atomic E-state index is 13.7. The van der Waals surface area contributed by atoms with Crippen molar-refractivity contribution in [1.82, 2.24) is 0 Å². The second kappa shape index (κ2) is 8.17. The lowest BCUT2D eigenvalue weighted by atomic mass is 10.0. The highest BCUT2D eigenvalue weighted by molar-refractivity contribution is 6.46. The minimum atomic E-state index is -0.338. The Hall–Kier alpha value is -3.37. The van der Waals surface area contributed by atoms with Crippen molar-refractivity contribution in [3.63, 3.8) is 0 Å². The van der Waals surface area contributed by atoms with Crippen LogP contribution in [0.4, 0.5) is 11.4 Å². The lowest BCUT2D eigenvalue weighted by molar-refractivity contribution is -0.120. The summed E-state index contributed by atoms with van der Waals surface area (Å²) in [6, 6.07) is 24.2. The van der Waals surface area contributed by atoms with E-state index in [1.165, 1.54) is 4.90 Å². The zero-order chi connectivity index (χ0) is 21.3. The Kier molecular flexibility index (Phi) is 5.42. The van der Waals surface area contributed by atoms with Crippen molar-refractivity contribution < 1.29 is 9.59 Å². The fraction of sp³-hybridized carbons (Fsp3) is 0.120. The molecule has 2 amide bonds. The molecule has 0 saturated heterocycles. The van der Waals surface area contributed by atoms with E-state index in [2.05, 4.69) is 0 Å². The van der Waals surface area contributed by atoms with E-state index in [1.807, 2.05) is 79.4 Å². The number of carbonyl (C=O) groups excluding carboxylic acids is 2. The smallest absolute Gasteiger partial charge is 0.282 e. The van der Waals surface area contributed by atoms with Crippen molar-refractivity contribution in [2.75, 3.05) is 16.3 Å². The van der Waals surface area contributed by atoms with Gasteiger partial charge in [-0.3, -0.25) is 9.59 Å². The van der Waals surface area contributed by atoms with E-state index >= 15 is 0 Å². The van der Waals surface area contributed by atoms with Crippen LogP contribution in [0.25, 0.3) is 5.57 Å². The Balaban J connectivity index is 1.91. The Morgan fingerprint density at radius 3 is 2.10 bits per heavy atom. The number of benzene rings is 3. The number of hydrogen-bond acceptors (Lipinski definition) is 3. The molecule has 4 rings (SSSR count). The number of halogens is 1. The molecular weight excluding hydrogens is 396 g/mol. The second-order valence-corrected chi connectivity index (χ2v) is 7.48. The maximum Gasteiger partial charge on any atom is 0.282 e. The molecule has 0 fully saturated rings. The van der Waals surface area contributed by atoms with Gasteiger partial charge >= 0.3 is 0 Å². The van der Waals surface area contributed by atoms with Crippen LogP contribution in [0, 0.1) is 6.92 Å². The number of anilines is 2. The van der Waals surface area contributed by atoms with Gasteiger partial charge in [0.05, 0.1) is 11.3 Å². The summed E-state index contributed by atoms with van der Waals surface area (Å²) < 4.78 is 0. The topological polar surface area (TPSA) is 40.6 Å². The molecule has 1 aliphatic heterocycles. The molecule has 0 bridgehead atoms. The van der Waals surface area contributed by atoms with Crippen molar-refractivity contribution in [1.29, 1.82) is 0 Å². The van der Waals surface area contributed by atoms with Crippen molar-refractivity contribution in [3.8, 4) is 0 Å². The monoisotopic (exact) mass is 416 g/mol. The van der Waals surface area contributed by atoms with Gasteiger partial charge in [-0.25, -0.2) is 4.90 Å². The number of rotatable bonds is 5. The van der Waals surface area contributed by atoms with Crippen molar-refractivity contribution in [2.24, 2.45) is 0 Å². The number of hydrogen-bond donors (Lipinski definition) is 0. The molecule has 0 spiro atoms. The fourth-order valence-electron chi connectivity index (χ4n) is 3.80. The van der Waals surface area contributed by atoms with Crippen LogP contribution in [0.3, 0.4) is 0 Å². The molecule has 1 aliphatic rings. The van der Waals surface area contributed by atoms with Crippen LogP contribution in [0.5, 0.6) is 0 Å². The van der Waals surface area contributed by atoms with E-state index in [0.717, 1.165) is 11.3 Å². The maximum atomic E-state index is 13.7. The van der Waals surface area contributed by atoms with Gasteiger partial charge in [0, 0.05) is 17.3 Å². The molecule has 0 N–H and O–H groups in total. The normalized spacial score (nSPS) is 13.9. The summed E-state index contributed by atoms with van der Waals surface area (Å²) in [5.74, 6) is -0.670. The molecular formula is C25H21ClN2O2. The summed E-state index contributed by atoms with van der Waals surface area (Å²) in [7, 11) is 0. The second-order valence-electron chi connectivity index (χ2n) is 7.05. The molecule has 0 unspecified atom stereocenters. The molecule has 0 aromatic heterocycles. The van der Waals surface area contributed by atoms with Gasteiger partial charge in [-0.2, -0.15) is 0 Å². The predicted molar refractivity (Wildman–Crippen MR) is 122 cm³/mol. The quantitative estimate of drug-likeness (QED) is 0.518. The number of carbonyl (C=O) groups is 2. The van der Waals surface area contributed by atoms with E-state index in [9.17, 15) is 9.59 Å². The van der Waals surface area contributed by atoms with Gasteiger partial charge in [0.15, 0.2) is 0 Å². The molecule has 5 heteroatoms. The summed E-state index contributed by atoms with van der Waals surface area (Å²) in [6.45, 7) is 4.36. The largest absolute Gasteiger partial charge is 0.337 e. The standard InChI is InChI=1S/C25H21ClN2O2/c1-3-27(20-12-8-5-9-13-20)23-22(18-10-6-4-7-11-18)24(29)28(25(23)30)21-15-14-19(26)16-17(21)2/h4-16H,3H2,1-2H3. The van der Waals surface area contributed by atoms with Gasteiger partial charge in [0.1, 0.15) is 5.70 Å². The van der Waals surface area contributed by atoms with Crippen molar-refractivity contribution >= 4 is 40.4 Å². The molecule has 150 valence electrons. The van der Waals surface area contributed by atoms with Crippen LogP contribution in [0.1, 0.15) is 18.1 Å². The van der Waals surface area contributed by atoms with Crippen LogP contribution in [-0.4, -0.2) is 18.4 Å². The highest BCUT2D eigenvalue weighted by atomic mass is 35.5. The van der Waals surface area contributed by atoms with Gasteiger partial charge < -0.3 is 4.90 Å². The van der Waals surface area contributed by atoms with E-state index in [1.54, 1.807) is 18.2 Å². The molecule has 4 nitrogen and oxygen atoms in total. The molecule has 0 radical (unpaired) electrons. The first-order valence-corrected chi connectivity index (χ1v) is 10.2. The third-order valence-electron chi connectivity index (χ3n) is 5.18. The lowest BCUT2D eigenvalue weighted by Gasteiger charge is -2.25. The SMILES string of the molecule is CCN(C1=C(c2ccccc2)C(=O)N(c2ccc(Cl)cc2C)C1=O)c1ccccc1. The summed E-state index contributed by atoms with van der Waals surface area (Å²) in [5.41, 5.74) is 3.67. The van der Waals surface area contributed by atoms with Crippen LogP contribution in [-0.2, 0) is 9.59 Å². The number of aryl methyl sites for hydroxylation is 1. The molecule has 0 saturated carbocycles. The number of nitrogens with zero attached hydrogens (tertiary/aromatic N) is 2. The first-order chi connectivity index (χ1) is 14.5. The fourth-order valence-corrected chi connectivity index (χ4v) is 4.03. The van der Waals surface area contributed by atoms with Crippen molar-refractivity contribution in [3.05, 3.63) is 101 Å². The van der Waals surface area contributed by atoms with Gasteiger partial charge in [0.2, 0.25) is 0 Å². The Bertz CT molecular complexity index is 1140. The molecule has 0 atom stereocenters. The Morgan fingerprint density at radius 2 is 1.50 bits per heavy atom. The first kappa shape index (κ1) is 19.9. The minimum absolute atomic E-state index is 0.332. The van der Waals surface area contributed by atoms with Crippen LogP contribution < -0.4 is 9.80 Å². The van der Waals surface area contributed by atoms with Gasteiger partial charge in [0.25, 0.3) is 11.8 Å². The molecule has 0 aliphatic carbocycles. The number of likely N-dealkylation sites (N-methyl/N-ethyl adjacent to an activating group) is 1. The molecule has 1 heterocycles. The molecule has 30 heavy (non-hydrogen) atoms. The Labute approximate surface area is 181 Å². The highest BCUT2D eigenvalue weighted by Gasteiger charge is 2.43. The zero-order valence-electron chi connectivity index (χ0n) is 16.8. The number of amides is 2. The summed E-state index contributed by atoms with van der Waals surface area (Å²) >= 11 is 6.10. The van der Waals surface area contributed by atoms with Crippen LogP contribution in [0.2, 0.25) is 5.02 Å². The number of imide groups is 1. The summed E-state index contributed by atoms with van der Waals surface area (Å²) in [5, 5.41) is 0.561. The number of para-hydroxylation sites is 1. The minimum Gasteiger partial charge on any atom is -0.337 e. The van der Waals surface area contributed by atoms with E-state index in [-0.39, 0.29) is 11.8 Å². The highest BCUT2D eigenvalue weighted by Crippen LogP contribution is 2.38. The average molecular weight is 417 g/mol.